The van der Waals surface area contributed by atoms with Crippen molar-refractivity contribution in [3.05, 3.63) is 59.7 Å². The Morgan fingerprint density at radius 2 is 1.89 bits per heavy atom. The van der Waals surface area contributed by atoms with Crippen molar-refractivity contribution in [2.75, 3.05) is 6.61 Å². The maximum atomic E-state index is 12.6. The van der Waals surface area contributed by atoms with Gasteiger partial charge in [0.15, 0.2) is 6.61 Å². The predicted octanol–water partition coefficient (Wildman–Crippen LogP) is 3.05. The molecule has 0 N–H and O–H groups in total. The summed E-state index contributed by atoms with van der Waals surface area (Å²) in [6.45, 7) is 6.71. The summed E-state index contributed by atoms with van der Waals surface area (Å²) in [4.78, 5) is 26.7. The summed E-state index contributed by atoms with van der Waals surface area (Å²) < 4.78 is 7.00. The maximum absolute atomic E-state index is 12.6. The highest BCUT2D eigenvalue weighted by molar-refractivity contribution is 5.94. The minimum atomic E-state index is -0.551. The molecule has 0 aliphatic carbocycles. The topological polar surface area (TPSA) is 77.3 Å². The average Bonchev–Trinajstić information content (AvgIpc) is 3.12. The van der Waals surface area contributed by atoms with Gasteiger partial charge in [-0.2, -0.15) is 0 Å². The van der Waals surface area contributed by atoms with E-state index >= 15 is 0 Å². The number of carbonyl (C=O) groups is 2. The molecular formula is C21H24N4O3. The van der Waals surface area contributed by atoms with E-state index in [1.165, 1.54) is 0 Å². The van der Waals surface area contributed by atoms with Crippen LogP contribution in [0.15, 0.2) is 48.5 Å². The van der Waals surface area contributed by atoms with E-state index in [2.05, 4.69) is 10.3 Å². The van der Waals surface area contributed by atoms with Gasteiger partial charge in [0.25, 0.3) is 5.91 Å². The van der Waals surface area contributed by atoms with Crippen LogP contribution in [0, 0.1) is 0 Å². The first-order valence-corrected chi connectivity index (χ1v) is 9.33. The second-order valence-electron chi connectivity index (χ2n) is 6.79. The lowest BCUT2D eigenvalue weighted by Gasteiger charge is -2.26. The SMILES string of the molecule is CCn1nnc2cc(C(=O)OCC(=O)N(Cc3ccccc3)C(C)C)ccc21. The summed E-state index contributed by atoms with van der Waals surface area (Å²) in [7, 11) is 0. The van der Waals surface area contributed by atoms with E-state index in [1.807, 2.05) is 51.1 Å². The molecule has 146 valence electrons. The summed E-state index contributed by atoms with van der Waals surface area (Å²) in [6.07, 6.45) is 0. The first-order chi connectivity index (χ1) is 13.5. The number of amides is 1. The molecule has 0 fully saturated rings. The van der Waals surface area contributed by atoms with Crippen LogP contribution >= 0.6 is 0 Å². The van der Waals surface area contributed by atoms with Crippen molar-refractivity contribution >= 4 is 22.9 Å². The van der Waals surface area contributed by atoms with Crippen molar-refractivity contribution in [2.24, 2.45) is 0 Å². The van der Waals surface area contributed by atoms with Crippen LogP contribution in [0.3, 0.4) is 0 Å². The van der Waals surface area contributed by atoms with Crippen LogP contribution in [0.5, 0.6) is 0 Å². The Morgan fingerprint density at radius 3 is 2.57 bits per heavy atom. The number of hydrogen-bond donors (Lipinski definition) is 0. The fourth-order valence-electron chi connectivity index (χ4n) is 2.97. The summed E-state index contributed by atoms with van der Waals surface area (Å²) in [5.41, 5.74) is 2.85. The number of fused-ring (bicyclic) bond motifs is 1. The lowest BCUT2D eigenvalue weighted by Crippen LogP contribution is -2.39. The summed E-state index contributed by atoms with van der Waals surface area (Å²) in [5.74, 6) is -0.782. The molecule has 28 heavy (non-hydrogen) atoms. The molecule has 3 rings (SSSR count). The van der Waals surface area contributed by atoms with Crippen LogP contribution in [-0.4, -0.2) is 44.4 Å². The summed E-state index contributed by atoms with van der Waals surface area (Å²) in [5, 5.41) is 8.08. The lowest BCUT2D eigenvalue weighted by molar-refractivity contribution is -0.136. The smallest absolute Gasteiger partial charge is 0.338 e. The molecular weight excluding hydrogens is 356 g/mol. The quantitative estimate of drug-likeness (QED) is 0.589. The fourth-order valence-corrected chi connectivity index (χ4v) is 2.97. The van der Waals surface area contributed by atoms with Gasteiger partial charge in [-0.05, 0) is 44.5 Å². The average molecular weight is 380 g/mol. The highest BCUT2D eigenvalue weighted by atomic mass is 16.5. The van der Waals surface area contributed by atoms with Crippen molar-refractivity contribution < 1.29 is 14.3 Å². The van der Waals surface area contributed by atoms with Crippen molar-refractivity contribution in [1.82, 2.24) is 19.9 Å². The van der Waals surface area contributed by atoms with Gasteiger partial charge in [0, 0.05) is 19.1 Å². The van der Waals surface area contributed by atoms with Gasteiger partial charge >= 0.3 is 5.97 Å². The highest BCUT2D eigenvalue weighted by Crippen LogP contribution is 2.15. The van der Waals surface area contributed by atoms with Gasteiger partial charge in [-0.1, -0.05) is 35.5 Å². The van der Waals surface area contributed by atoms with Crippen molar-refractivity contribution in [3.63, 3.8) is 0 Å². The molecule has 0 aliphatic rings. The number of aromatic nitrogens is 3. The molecule has 0 aliphatic heterocycles. The number of carbonyl (C=O) groups excluding carboxylic acids is 2. The molecule has 1 amide bonds. The molecule has 0 spiro atoms. The Labute approximate surface area is 163 Å². The molecule has 0 bridgehead atoms. The van der Waals surface area contributed by atoms with E-state index in [4.69, 9.17) is 4.74 Å². The van der Waals surface area contributed by atoms with Gasteiger partial charge in [-0.3, -0.25) is 4.79 Å². The molecule has 1 aromatic heterocycles. The van der Waals surface area contributed by atoms with Gasteiger partial charge in [0.05, 0.1) is 11.1 Å². The van der Waals surface area contributed by atoms with Crippen molar-refractivity contribution in [1.29, 1.82) is 0 Å². The molecule has 1 heterocycles. The Kier molecular flexibility index (Phi) is 6.03. The van der Waals surface area contributed by atoms with Crippen LogP contribution in [-0.2, 0) is 22.6 Å². The fraction of sp³-hybridized carbons (Fsp3) is 0.333. The molecule has 3 aromatic rings. The third-order valence-corrected chi connectivity index (χ3v) is 4.52. The third-order valence-electron chi connectivity index (χ3n) is 4.52. The van der Waals surface area contributed by atoms with Crippen LogP contribution in [0.4, 0.5) is 0 Å². The highest BCUT2D eigenvalue weighted by Gasteiger charge is 2.20. The van der Waals surface area contributed by atoms with Gasteiger partial charge in [-0.25, -0.2) is 9.48 Å². The second kappa shape index (κ2) is 8.65. The van der Waals surface area contributed by atoms with Gasteiger partial charge < -0.3 is 9.64 Å². The minimum Gasteiger partial charge on any atom is -0.452 e. The summed E-state index contributed by atoms with van der Waals surface area (Å²) in [6, 6.07) is 14.8. The maximum Gasteiger partial charge on any atom is 0.338 e. The normalized spacial score (nSPS) is 11.0. The number of aryl methyl sites for hydroxylation is 1. The van der Waals surface area contributed by atoms with E-state index in [0.29, 0.717) is 24.2 Å². The van der Waals surface area contributed by atoms with E-state index in [1.54, 1.807) is 27.8 Å². The molecule has 2 aromatic carbocycles. The molecule has 7 nitrogen and oxygen atoms in total. The number of rotatable bonds is 7. The van der Waals surface area contributed by atoms with E-state index in [0.717, 1.165) is 11.1 Å². The zero-order valence-electron chi connectivity index (χ0n) is 16.3. The van der Waals surface area contributed by atoms with Gasteiger partial charge in [-0.15, -0.1) is 5.10 Å². The van der Waals surface area contributed by atoms with E-state index in [-0.39, 0.29) is 18.6 Å². The van der Waals surface area contributed by atoms with Crippen LogP contribution in [0.25, 0.3) is 11.0 Å². The van der Waals surface area contributed by atoms with Crippen LogP contribution < -0.4 is 0 Å². The first kappa shape index (κ1) is 19.5. The largest absolute Gasteiger partial charge is 0.452 e. The number of benzene rings is 2. The number of esters is 1. The number of ether oxygens (including phenoxy) is 1. The molecule has 0 unspecified atom stereocenters. The predicted molar refractivity (Wildman–Crippen MR) is 106 cm³/mol. The lowest BCUT2D eigenvalue weighted by atomic mass is 10.2. The molecule has 0 atom stereocenters. The Morgan fingerprint density at radius 1 is 1.14 bits per heavy atom. The monoisotopic (exact) mass is 380 g/mol. The van der Waals surface area contributed by atoms with Crippen LogP contribution in [0.1, 0.15) is 36.7 Å². The zero-order chi connectivity index (χ0) is 20.1. The minimum absolute atomic E-state index is 0.00755. The molecule has 0 radical (unpaired) electrons. The van der Waals surface area contributed by atoms with E-state index < -0.39 is 5.97 Å². The molecule has 0 saturated heterocycles. The van der Waals surface area contributed by atoms with Crippen LogP contribution in [0.2, 0.25) is 0 Å². The number of nitrogens with zero attached hydrogens (tertiary/aromatic N) is 4. The first-order valence-electron chi connectivity index (χ1n) is 9.33. The number of hydrogen-bond acceptors (Lipinski definition) is 5. The Hall–Kier alpha value is -3.22. The Bertz CT molecular complexity index is 966. The van der Waals surface area contributed by atoms with E-state index in [9.17, 15) is 9.59 Å². The second-order valence-corrected chi connectivity index (χ2v) is 6.79. The standard InChI is InChI=1S/C21H24N4O3/c1-4-25-19-11-10-17(12-18(19)22-23-25)21(27)28-14-20(26)24(15(2)3)13-16-8-6-5-7-9-16/h5-12,15H,4,13-14H2,1-3H3. The zero-order valence-corrected chi connectivity index (χ0v) is 16.3. The molecule has 7 heteroatoms. The van der Waals surface area contributed by atoms with Gasteiger partial charge in [0.2, 0.25) is 0 Å². The Balaban J connectivity index is 1.64. The van der Waals surface area contributed by atoms with Crippen molar-refractivity contribution in [2.45, 2.75) is 39.9 Å². The molecule has 0 saturated carbocycles. The van der Waals surface area contributed by atoms with Crippen molar-refractivity contribution in [3.8, 4) is 0 Å². The van der Waals surface area contributed by atoms with Gasteiger partial charge in [0.1, 0.15) is 5.52 Å². The third kappa shape index (κ3) is 4.36. The summed E-state index contributed by atoms with van der Waals surface area (Å²) >= 11 is 0.